The molecular weight excluding hydrogens is 326 g/mol. The van der Waals surface area contributed by atoms with Gasteiger partial charge in [0.05, 0.1) is 11.9 Å². The van der Waals surface area contributed by atoms with Crippen molar-refractivity contribution < 1.29 is 4.79 Å². The molecule has 0 spiro atoms. The van der Waals surface area contributed by atoms with Gasteiger partial charge in [-0.05, 0) is 48.0 Å². The quantitative estimate of drug-likeness (QED) is 0.716. The van der Waals surface area contributed by atoms with Gasteiger partial charge in [0.15, 0.2) is 0 Å². The number of hydrogen-bond donors (Lipinski definition) is 2. The van der Waals surface area contributed by atoms with Gasteiger partial charge in [-0.3, -0.25) is 9.78 Å². The highest BCUT2D eigenvalue weighted by molar-refractivity contribution is 5.92. The number of aromatic nitrogens is 2. The van der Waals surface area contributed by atoms with Gasteiger partial charge in [-0.2, -0.15) is 0 Å². The molecule has 0 aliphatic rings. The van der Waals surface area contributed by atoms with Crippen LogP contribution >= 0.6 is 0 Å². The van der Waals surface area contributed by atoms with Gasteiger partial charge in [-0.15, -0.1) is 0 Å². The van der Waals surface area contributed by atoms with Crippen LogP contribution in [0.3, 0.4) is 0 Å². The van der Waals surface area contributed by atoms with E-state index in [2.05, 4.69) is 20.6 Å². The molecule has 6 heteroatoms. The second-order valence-corrected chi connectivity index (χ2v) is 6.04. The number of nitrogens with one attached hydrogen (secondary N) is 2. The molecule has 0 aliphatic carbocycles. The Morgan fingerprint density at radius 3 is 2.38 bits per heavy atom. The fourth-order valence-corrected chi connectivity index (χ4v) is 2.39. The number of anilines is 3. The minimum Gasteiger partial charge on any atom is -0.378 e. The van der Waals surface area contributed by atoms with Crippen LogP contribution in [0.1, 0.15) is 16.1 Å². The third kappa shape index (κ3) is 4.57. The van der Waals surface area contributed by atoms with Crippen LogP contribution in [0, 0.1) is 0 Å². The van der Waals surface area contributed by atoms with E-state index in [1.165, 1.54) is 0 Å². The molecule has 2 N–H and O–H groups in total. The fourth-order valence-electron chi connectivity index (χ4n) is 2.39. The van der Waals surface area contributed by atoms with Gasteiger partial charge in [0, 0.05) is 44.4 Å². The van der Waals surface area contributed by atoms with Crippen molar-refractivity contribution in [2.24, 2.45) is 0 Å². The largest absolute Gasteiger partial charge is 0.378 e. The summed E-state index contributed by atoms with van der Waals surface area (Å²) >= 11 is 0. The SMILES string of the molecule is CN(C)c1ccc(Nc2ccc(C(=O)NCc3cccnc3)nc2)cc1. The van der Waals surface area contributed by atoms with E-state index in [4.69, 9.17) is 0 Å². The van der Waals surface area contributed by atoms with Gasteiger partial charge in [0.25, 0.3) is 5.91 Å². The molecule has 0 saturated heterocycles. The van der Waals surface area contributed by atoms with Crippen molar-refractivity contribution in [1.82, 2.24) is 15.3 Å². The zero-order valence-electron chi connectivity index (χ0n) is 14.8. The lowest BCUT2D eigenvalue weighted by Crippen LogP contribution is -2.23. The first-order valence-corrected chi connectivity index (χ1v) is 8.29. The number of carbonyl (C=O) groups excluding carboxylic acids is 1. The van der Waals surface area contributed by atoms with Crippen LogP contribution in [-0.4, -0.2) is 30.0 Å². The monoisotopic (exact) mass is 347 g/mol. The molecule has 0 fully saturated rings. The second kappa shape index (κ2) is 8.11. The Bertz CT molecular complexity index is 846. The van der Waals surface area contributed by atoms with Crippen LogP contribution in [0.2, 0.25) is 0 Å². The highest BCUT2D eigenvalue weighted by Crippen LogP contribution is 2.19. The van der Waals surface area contributed by atoms with Crippen LogP contribution in [0.15, 0.2) is 67.1 Å². The van der Waals surface area contributed by atoms with E-state index in [-0.39, 0.29) is 5.91 Å². The fraction of sp³-hybridized carbons (Fsp3) is 0.150. The summed E-state index contributed by atoms with van der Waals surface area (Å²) in [6.07, 6.45) is 5.08. The van der Waals surface area contributed by atoms with E-state index in [1.54, 1.807) is 24.7 Å². The highest BCUT2D eigenvalue weighted by atomic mass is 16.1. The predicted octanol–water partition coefficient (Wildman–Crippen LogP) is 3.22. The average molecular weight is 347 g/mol. The molecule has 0 atom stereocenters. The van der Waals surface area contributed by atoms with Crippen LogP contribution in [0.25, 0.3) is 0 Å². The maximum Gasteiger partial charge on any atom is 0.270 e. The second-order valence-electron chi connectivity index (χ2n) is 6.04. The van der Waals surface area contributed by atoms with Crippen molar-refractivity contribution in [2.45, 2.75) is 6.54 Å². The Hall–Kier alpha value is -3.41. The third-order valence-electron chi connectivity index (χ3n) is 3.84. The zero-order chi connectivity index (χ0) is 18.4. The molecule has 0 bridgehead atoms. The van der Waals surface area contributed by atoms with Gasteiger partial charge >= 0.3 is 0 Å². The number of nitrogens with zero attached hydrogens (tertiary/aromatic N) is 3. The first-order chi connectivity index (χ1) is 12.6. The molecule has 3 rings (SSSR count). The summed E-state index contributed by atoms with van der Waals surface area (Å²) in [7, 11) is 4.01. The lowest BCUT2D eigenvalue weighted by atomic mass is 10.2. The topological polar surface area (TPSA) is 70.2 Å². The molecule has 0 aliphatic heterocycles. The first-order valence-electron chi connectivity index (χ1n) is 8.29. The van der Waals surface area contributed by atoms with Gasteiger partial charge in [-0.25, -0.2) is 4.98 Å². The molecule has 0 unspecified atom stereocenters. The van der Waals surface area contributed by atoms with Crippen molar-refractivity contribution in [3.8, 4) is 0 Å². The Morgan fingerprint density at radius 1 is 1.00 bits per heavy atom. The minimum absolute atomic E-state index is 0.212. The van der Waals surface area contributed by atoms with E-state index in [0.717, 1.165) is 22.6 Å². The van der Waals surface area contributed by atoms with Crippen LogP contribution in [-0.2, 0) is 6.54 Å². The van der Waals surface area contributed by atoms with E-state index < -0.39 is 0 Å². The Labute approximate surface area is 152 Å². The van der Waals surface area contributed by atoms with Crippen LogP contribution in [0.5, 0.6) is 0 Å². The smallest absolute Gasteiger partial charge is 0.270 e. The van der Waals surface area contributed by atoms with Crippen molar-refractivity contribution in [1.29, 1.82) is 0 Å². The molecule has 132 valence electrons. The number of benzene rings is 1. The molecule has 3 aromatic rings. The Kier molecular flexibility index (Phi) is 5.43. The van der Waals surface area contributed by atoms with Crippen molar-refractivity contribution in [3.63, 3.8) is 0 Å². The van der Waals surface area contributed by atoms with Crippen molar-refractivity contribution >= 4 is 23.0 Å². The van der Waals surface area contributed by atoms with Gasteiger partial charge < -0.3 is 15.5 Å². The molecular formula is C20H21N5O. The molecule has 1 amide bonds. The summed E-state index contributed by atoms with van der Waals surface area (Å²) in [4.78, 5) is 22.5. The summed E-state index contributed by atoms with van der Waals surface area (Å²) in [6.45, 7) is 0.423. The summed E-state index contributed by atoms with van der Waals surface area (Å²) in [5, 5.41) is 6.11. The lowest BCUT2D eigenvalue weighted by Gasteiger charge is -2.13. The first kappa shape index (κ1) is 17.4. The lowest BCUT2D eigenvalue weighted by molar-refractivity contribution is 0.0946. The number of amides is 1. The number of pyridine rings is 2. The zero-order valence-corrected chi connectivity index (χ0v) is 14.8. The molecule has 0 saturated carbocycles. The van der Waals surface area contributed by atoms with Crippen molar-refractivity contribution in [3.05, 3.63) is 78.4 Å². The normalized spacial score (nSPS) is 10.2. The predicted molar refractivity (Wildman–Crippen MR) is 104 cm³/mol. The molecule has 0 radical (unpaired) electrons. The molecule has 2 aromatic heterocycles. The summed E-state index contributed by atoms with van der Waals surface area (Å²) in [6, 6.07) is 15.4. The van der Waals surface area contributed by atoms with E-state index in [1.807, 2.05) is 61.5 Å². The van der Waals surface area contributed by atoms with E-state index >= 15 is 0 Å². The Balaban J connectivity index is 1.58. The summed E-state index contributed by atoms with van der Waals surface area (Å²) in [5.74, 6) is -0.212. The number of rotatable bonds is 6. The van der Waals surface area contributed by atoms with E-state index in [9.17, 15) is 4.79 Å². The van der Waals surface area contributed by atoms with Gasteiger partial charge in [0.1, 0.15) is 5.69 Å². The highest BCUT2D eigenvalue weighted by Gasteiger charge is 2.07. The number of hydrogen-bond acceptors (Lipinski definition) is 5. The van der Waals surface area contributed by atoms with Gasteiger partial charge in [-0.1, -0.05) is 6.07 Å². The molecule has 1 aromatic carbocycles. The Morgan fingerprint density at radius 2 is 1.77 bits per heavy atom. The maximum absolute atomic E-state index is 12.2. The van der Waals surface area contributed by atoms with Crippen LogP contribution < -0.4 is 15.5 Å². The summed E-state index contributed by atoms with van der Waals surface area (Å²) < 4.78 is 0. The number of carbonyl (C=O) groups is 1. The average Bonchev–Trinajstić information content (AvgIpc) is 2.68. The van der Waals surface area contributed by atoms with Gasteiger partial charge in [0.2, 0.25) is 0 Å². The van der Waals surface area contributed by atoms with E-state index in [0.29, 0.717) is 12.2 Å². The molecule has 6 nitrogen and oxygen atoms in total. The molecule has 26 heavy (non-hydrogen) atoms. The third-order valence-corrected chi connectivity index (χ3v) is 3.84. The maximum atomic E-state index is 12.2. The van der Waals surface area contributed by atoms with Crippen LogP contribution in [0.4, 0.5) is 17.1 Å². The minimum atomic E-state index is -0.212. The standard InChI is InChI=1S/C20H21N5O/c1-25(2)18-8-5-16(6-9-18)24-17-7-10-19(22-14-17)20(26)23-13-15-4-3-11-21-12-15/h3-12,14,24H,13H2,1-2H3,(H,23,26). The molecule has 2 heterocycles. The summed E-state index contributed by atoms with van der Waals surface area (Å²) in [5.41, 5.74) is 4.25. The van der Waals surface area contributed by atoms with Crippen molar-refractivity contribution in [2.75, 3.05) is 24.3 Å².